The summed E-state index contributed by atoms with van der Waals surface area (Å²) in [6.45, 7) is -0.338. The number of rotatable bonds is 13. The standard InChI is InChI=1S/C36H40F3N5O6S/c37-36(38,39)22-41-35(48)28-20-43(19-26-9-10-31(50-26)32-8-4-14-51-32)12-13-44(28)18-25(45)16-24(15-23-5-3-11-40-17-23)34(47)42-33-27-6-1-2-7-30(27)49-21-29(33)46/h1-11,14,17,24-25,28-29,33,45-46H,12-13,15-16,18-22H2,(H,41,48)(H,42,47)/t24-,25+,28+,29-,33+/m1/s1. The number of β-amino-alcohol motifs (C(OH)–C–C–N with tert-alkyl or cyclic N) is 1. The fourth-order valence-electron chi connectivity index (χ4n) is 6.58. The Kier molecular flexibility index (Phi) is 11.7. The Morgan fingerprint density at radius 1 is 1.08 bits per heavy atom. The Hall–Kier alpha value is -4.28. The quantitative estimate of drug-likeness (QED) is 0.162. The smallest absolute Gasteiger partial charge is 0.405 e. The van der Waals surface area contributed by atoms with E-state index >= 15 is 0 Å². The predicted octanol–water partition coefficient (Wildman–Crippen LogP) is 3.79. The van der Waals surface area contributed by atoms with Gasteiger partial charge in [-0.1, -0.05) is 30.3 Å². The number of pyridine rings is 1. The summed E-state index contributed by atoms with van der Waals surface area (Å²) in [7, 11) is 0. The summed E-state index contributed by atoms with van der Waals surface area (Å²) in [6, 6.07) is 16.5. The number of piperazine rings is 1. The maximum atomic E-state index is 13.9. The van der Waals surface area contributed by atoms with E-state index in [0.29, 0.717) is 35.9 Å². The highest BCUT2D eigenvalue weighted by molar-refractivity contribution is 7.13. The van der Waals surface area contributed by atoms with Crippen LogP contribution in [0.1, 0.15) is 29.3 Å². The lowest BCUT2D eigenvalue weighted by molar-refractivity contribution is -0.143. The number of nitrogens with one attached hydrogen (secondary N) is 2. The molecule has 2 aliphatic heterocycles. The lowest BCUT2D eigenvalue weighted by Crippen LogP contribution is -2.60. The molecule has 5 heterocycles. The summed E-state index contributed by atoms with van der Waals surface area (Å²) in [4.78, 5) is 35.8. The largest absolute Gasteiger partial charge is 0.490 e. The van der Waals surface area contributed by atoms with Crippen molar-refractivity contribution in [1.29, 1.82) is 0 Å². The molecule has 1 aromatic carbocycles. The van der Waals surface area contributed by atoms with Crippen LogP contribution >= 0.6 is 11.3 Å². The topological polar surface area (TPSA) is 140 Å². The number of aliphatic hydroxyl groups is 2. The van der Waals surface area contributed by atoms with Gasteiger partial charge < -0.3 is 30.0 Å². The minimum Gasteiger partial charge on any atom is -0.490 e. The maximum Gasteiger partial charge on any atom is 0.405 e. The molecule has 2 aliphatic rings. The van der Waals surface area contributed by atoms with Crippen LogP contribution in [-0.2, 0) is 22.6 Å². The summed E-state index contributed by atoms with van der Waals surface area (Å²) in [5, 5.41) is 29.1. The SMILES string of the molecule is O=C(N[C@H]1c2ccccc2OC[C@H]1O)[C@H](Cc1cccnc1)C[C@H](O)CN1CCN(Cc2ccc(-c3cccs3)o2)C[C@H]1C(=O)NCC(F)(F)F. The van der Waals surface area contributed by atoms with Crippen molar-refractivity contribution >= 4 is 23.2 Å². The van der Waals surface area contributed by atoms with E-state index in [4.69, 9.17) is 9.15 Å². The molecule has 272 valence electrons. The lowest BCUT2D eigenvalue weighted by Gasteiger charge is -2.41. The normalized spacial score (nSPS) is 20.9. The average Bonchev–Trinajstić information content (AvgIpc) is 3.82. The molecular weight excluding hydrogens is 687 g/mol. The van der Waals surface area contributed by atoms with Gasteiger partial charge in [-0.3, -0.25) is 24.4 Å². The molecule has 0 unspecified atom stereocenters. The average molecular weight is 728 g/mol. The van der Waals surface area contributed by atoms with Crippen LogP contribution in [0.4, 0.5) is 13.2 Å². The number of thiophene rings is 1. The van der Waals surface area contributed by atoms with Gasteiger partial charge in [-0.2, -0.15) is 13.2 Å². The molecule has 2 amide bonds. The molecule has 5 atom stereocenters. The third-order valence-electron chi connectivity index (χ3n) is 9.07. The molecule has 15 heteroatoms. The molecule has 0 bridgehead atoms. The third kappa shape index (κ3) is 9.74. The first-order valence-corrected chi connectivity index (χ1v) is 17.6. The zero-order valence-corrected chi connectivity index (χ0v) is 28.5. The number of aliphatic hydroxyl groups excluding tert-OH is 2. The number of furan rings is 1. The molecule has 51 heavy (non-hydrogen) atoms. The molecule has 1 fully saturated rings. The number of carbonyl (C=O) groups excluding carboxylic acids is 2. The minimum absolute atomic E-state index is 0.00263. The molecule has 0 spiro atoms. The number of alkyl halides is 3. The first kappa shape index (κ1) is 36.5. The number of ether oxygens (including phenoxy) is 1. The second kappa shape index (κ2) is 16.4. The number of halogens is 3. The third-order valence-corrected chi connectivity index (χ3v) is 9.95. The van der Waals surface area contributed by atoms with Gasteiger partial charge in [0.15, 0.2) is 0 Å². The van der Waals surface area contributed by atoms with Gasteiger partial charge in [-0.15, -0.1) is 11.3 Å². The molecule has 4 aromatic rings. The number of benzene rings is 1. The van der Waals surface area contributed by atoms with Crippen LogP contribution in [0.15, 0.2) is 82.9 Å². The summed E-state index contributed by atoms with van der Waals surface area (Å²) in [5.41, 5.74) is 1.39. The fourth-order valence-corrected chi connectivity index (χ4v) is 7.27. The van der Waals surface area contributed by atoms with Crippen LogP contribution in [0.2, 0.25) is 0 Å². The van der Waals surface area contributed by atoms with Gasteiger partial charge in [-0.25, -0.2) is 0 Å². The first-order chi connectivity index (χ1) is 24.5. The van der Waals surface area contributed by atoms with Crippen molar-refractivity contribution in [2.75, 3.05) is 39.3 Å². The zero-order valence-electron chi connectivity index (χ0n) is 27.7. The van der Waals surface area contributed by atoms with E-state index in [2.05, 4.69) is 10.3 Å². The highest BCUT2D eigenvalue weighted by atomic mass is 32.1. The number of nitrogens with zero attached hydrogens (tertiary/aromatic N) is 3. The van der Waals surface area contributed by atoms with Crippen LogP contribution < -0.4 is 15.4 Å². The van der Waals surface area contributed by atoms with Crippen LogP contribution in [0.25, 0.3) is 10.6 Å². The van der Waals surface area contributed by atoms with Crippen molar-refractivity contribution in [1.82, 2.24) is 25.4 Å². The second-order valence-corrected chi connectivity index (χ2v) is 13.8. The summed E-state index contributed by atoms with van der Waals surface area (Å²) < 4.78 is 50.9. The van der Waals surface area contributed by atoms with Crippen molar-refractivity contribution in [2.45, 2.75) is 49.9 Å². The molecule has 11 nitrogen and oxygen atoms in total. The number of hydrogen-bond acceptors (Lipinski definition) is 10. The van der Waals surface area contributed by atoms with Crippen LogP contribution in [-0.4, -0.2) is 101 Å². The Morgan fingerprint density at radius 2 is 1.92 bits per heavy atom. The minimum atomic E-state index is -4.59. The molecule has 4 N–H and O–H groups in total. The van der Waals surface area contributed by atoms with Gasteiger partial charge in [0.05, 0.1) is 23.6 Å². The Labute approximate surface area is 297 Å². The Morgan fingerprint density at radius 3 is 2.69 bits per heavy atom. The number of amides is 2. The summed E-state index contributed by atoms with van der Waals surface area (Å²) in [5.74, 6) is -0.0461. The second-order valence-electron chi connectivity index (χ2n) is 12.9. The van der Waals surface area contributed by atoms with Crippen molar-refractivity contribution in [2.24, 2.45) is 5.92 Å². The summed E-state index contributed by atoms with van der Waals surface area (Å²) >= 11 is 1.54. The molecule has 1 saturated heterocycles. The molecule has 0 saturated carbocycles. The molecule has 0 aliphatic carbocycles. The Bertz CT molecular complexity index is 1740. The van der Waals surface area contributed by atoms with Gasteiger partial charge in [0.2, 0.25) is 11.8 Å². The van der Waals surface area contributed by atoms with Crippen LogP contribution in [0, 0.1) is 5.92 Å². The summed E-state index contributed by atoms with van der Waals surface area (Å²) in [6.07, 6.45) is -3.24. The number of fused-ring (bicyclic) bond motifs is 1. The van der Waals surface area contributed by atoms with E-state index in [1.807, 2.05) is 45.9 Å². The van der Waals surface area contributed by atoms with E-state index < -0.39 is 54.7 Å². The highest BCUT2D eigenvalue weighted by Gasteiger charge is 2.38. The van der Waals surface area contributed by atoms with Crippen LogP contribution in [0.3, 0.4) is 0 Å². The van der Waals surface area contributed by atoms with Crippen molar-refractivity contribution in [3.63, 3.8) is 0 Å². The van der Waals surface area contributed by atoms with E-state index in [1.54, 1.807) is 47.6 Å². The molecule has 0 radical (unpaired) electrons. The zero-order chi connectivity index (χ0) is 36.0. The number of carbonyl (C=O) groups is 2. The van der Waals surface area contributed by atoms with Crippen molar-refractivity contribution in [3.05, 3.63) is 95.3 Å². The van der Waals surface area contributed by atoms with Gasteiger partial charge in [0.1, 0.15) is 42.6 Å². The Balaban J connectivity index is 1.15. The van der Waals surface area contributed by atoms with Gasteiger partial charge in [0, 0.05) is 50.1 Å². The lowest BCUT2D eigenvalue weighted by atomic mass is 9.91. The monoisotopic (exact) mass is 727 g/mol. The van der Waals surface area contributed by atoms with Gasteiger partial charge in [-0.05, 0) is 54.1 Å². The van der Waals surface area contributed by atoms with E-state index in [9.17, 15) is 33.0 Å². The van der Waals surface area contributed by atoms with E-state index in [0.717, 1.165) is 10.4 Å². The number of hydrogen-bond donors (Lipinski definition) is 4. The number of aromatic nitrogens is 1. The van der Waals surface area contributed by atoms with Gasteiger partial charge >= 0.3 is 6.18 Å². The maximum absolute atomic E-state index is 13.9. The fraction of sp³-hybridized carbons (Fsp3) is 0.417. The first-order valence-electron chi connectivity index (χ1n) is 16.7. The molecule has 3 aromatic heterocycles. The van der Waals surface area contributed by atoms with E-state index in [-0.39, 0.29) is 39.1 Å². The predicted molar refractivity (Wildman–Crippen MR) is 183 cm³/mol. The van der Waals surface area contributed by atoms with Crippen molar-refractivity contribution in [3.8, 4) is 16.4 Å². The van der Waals surface area contributed by atoms with E-state index in [1.165, 1.54) is 11.3 Å². The molecular formula is C36H40F3N5O6S. The van der Waals surface area contributed by atoms with Crippen LogP contribution in [0.5, 0.6) is 5.75 Å². The van der Waals surface area contributed by atoms with Gasteiger partial charge in [0.25, 0.3) is 0 Å². The highest BCUT2D eigenvalue weighted by Crippen LogP contribution is 2.33. The number of para-hydroxylation sites is 1. The van der Waals surface area contributed by atoms with Crippen molar-refractivity contribution < 1.29 is 42.1 Å². The molecule has 6 rings (SSSR count).